The van der Waals surface area contributed by atoms with Crippen LogP contribution in [0.25, 0.3) is 10.9 Å². The molecule has 0 amide bonds. The van der Waals surface area contributed by atoms with Crippen molar-refractivity contribution in [3.63, 3.8) is 0 Å². The number of aromatic carboxylic acids is 1. The van der Waals surface area contributed by atoms with Gasteiger partial charge >= 0.3 is 5.97 Å². The third kappa shape index (κ3) is 1.71. The topological polar surface area (TPSA) is 42.2 Å². The van der Waals surface area contributed by atoms with E-state index in [1.54, 1.807) is 12.1 Å². The number of fused-ring (bicyclic) bond motifs is 1. The van der Waals surface area contributed by atoms with Gasteiger partial charge in [-0.05, 0) is 37.1 Å². The Labute approximate surface area is 99.7 Å². The van der Waals surface area contributed by atoms with E-state index in [1.807, 2.05) is 12.1 Å². The molecular formula is C14H15NO2. The summed E-state index contributed by atoms with van der Waals surface area (Å²) in [5.41, 5.74) is 1.52. The second kappa shape index (κ2) is 3.91. The van der Waals surface area contributed by atoms with Crippen molar-refractivity contribution < 1.29 is 9.90 Å². The van der Waals surface area contributed by atoms with E-state index >= 15 is 0 Å². The quantitative estimate of drug-likeness (QED) is 0.856. The molecule has 3 heteroatoms. The molecule has 1 aromatic heterocycles. The lowest BCUT2D eigenvalue weighted by Crippen LogP contribution is -2.02. The Balaban J connectivity index is 2.07. The fourth-order valence-electron chi connectivity index (χ4n) is 2.80. The molecule has 1 heterocycles. The van der Waals surface area contributed by atoms with Gasteiger partial charge in [-0.1, -0.05) is 12.8 Å². The predicted molar refractivity (Wildman–Crippen MR) is 66.4 cm³/mol. The van der Waals surface area contributed by atoms with Gasteiger partial charge in [0.15, 0.2) is 0 Å². The lowest BCUT2D eigenvalue weighted by Gasteiger charge is -2.13. The number of carbonyl (C=O) groups is 1. The van der Waals surface area contributed by atoms with E-state index in [0.717, 1.165) is 10.9 Å². The summed E-state index contributed by atoms with van der Waals surface area (Å²) in [6.45, 7) is 0. The highest BCUT2D eigenvalue weighted by Gasteiger charge is 2.18. The van der Waals surface area contributed by atoms with Crippen LogP contribution in [0.5, 0.6) is 0 Å². The summed E-state index contributed by atoms with van der Waals surface area (Å²) < 4.78 is 2.30. The second-order valence-electron chi connectivity index (χ2n) is 4.74. The molecule has 0 unspecified atom stereocenters. The summed E-state index contributed by atoms with van der Waals surface area (Å²) in [6.07, 6.45) is 7.18. The van der Waals surface area contributed by atoms with Crippen LogP contribution in [0.15, 0.2) is 30.5 Å². The highest BCUT2D eigenvalue weighted by Crippen LogP contribution is 2.32. The van der Waals surface area contributed by atoms with Crippen LogP contribution in [0, 0.1) is 0 Å². The molecule has 1 aromatic carbocycles. The van der Waals surface area contributed by atoms with Gasteiger partial charge in [-0.3, -0.25) is 0 Å². The van der Waals surface area contributed by atoms with Crippen molar-refractivity contribution in [2.45, 2.75) is 31.7 Å². The van der Waals surface area contributed by atoms with Crippen molar-refractivity contribution in [1.29, 1.82) is 0 Å². The summed E-state index contributed by atoms with van der Waals surface area (Å²) in [5, 5.41) is 9.98. The van der Waals surface area contributed by atoms with Crippen LogP contribution >= 0.6 is 0 Å². The monoisotopic (exact) mass is 229 g/mol. The number of carboxylic acids is 1. The zero-order valence-electron chi connectivity index (χ0n) is 9.60. The Morgan fingerprint density at radius 1 is 1.24 bits per heavy atom. The van der Waals surface area contributed by atoms with Crippen LogP contribution in [-0.4, -0.2) is 15.6 Å². The summed E-state index contributed by atoms with van der Waals surface area (Å²) >= 11 is 0. The number of aromatic nitrogens is 1. The number of carboxylic acid groups (broad SMARTS) is 1. The molecule has 0 spiro atoms. The minimum atomic E-state index is -0.861. The first-order valence-electron chi connectivity index (χ1n) is 6.09. The van der Waals surface area contributed by atoms with Crippen LogP contribution in [-0.2, 0) is 0 Å². The number of nitrogens with zero attached hydrogens (tertiary/aromatic N) is 1. The fourth-order valence-corrected chi connectivity index (χ4v) is 2.80. The molecule has 1 fully saturated rings. The third-order valence-electron chi connectivity index (χ3n) is 3.69. The van der Waals surface area contributed by atoms with Crippen LogP contribution in [0.3, 0.4) is 0 Å². The van der Waals surface area contributed by atoms with E-state index in [9.17, 15) is 4.79 Å². The standard InChI is InChI=1S/C14H15NO2/c16-14(17)11-5-6-13-10(9-11)7-8-15(13)12-3-1-2-4-12/h5-9,12H,1-4H2,(H,16,17). The van der Waals surface area contributed by atoms with E-state index in [2.05, 4.69) is 10.8 Å². The van der Waals surface area contributed by atoms with Crippen molar-refractivity contribution in [2.24, 2.45) is 0 Å². The van der Waals surface area contributed by atoms with Gasteiger partial charge in [0, 0.05) is 23.1 Å². The second-order valence-corrected chi connectivity index (χ2v) is 4.74. The van der Waals surface area contributed by atoms with Gasteiger partial charge in [0.05, 0.1) is 5.56 Å². The molecule has 17 heavy (non-hydrogen) atoms. The molecule has 1 N–H and O–H groups in total. The van der Waals surface area contributed by atoms with Crippen molar-refractivity contribution in [3.05, 3.63) is 36.0 Å². The van der Waals surface area contributed by atoms with Crippen LogP contribution in [0.4, 0.5) is 0 Å². The average Bonchev–Trinajstić information content (AvgIpc) is 2.96. The van der Waals surface area contributed by atoms with Crippen LogP contribution in [0.1, 0.15) is 42.1 Å². The van der Waals surface area contributed by atoms with Crippen molar-refractivity contribution in [1.82, 2.24) is 4.57 Å². The molecule has 0 bridgehead atoms. The normalized spacial score (nSPS) is 16.7. The molecule has 2 aromatic rings. The Morgan fingerprint density at radius 3 is 2.71 bits per heavy atom. The Kier molecular flexibility index (Phi) is 2.39. The van der Waals surface area contributed by atoms with Gasteiger partial charge < -0.3 is 9.67 Å². The maximum Gasteiger partial charge on any atom is 0.335 e. The van der Waals surface area contributed by atoms with E-state index in [-0.39, 0.29) is 0 Å². The lowest BCUT2D eigenvalue weighted by molar-refractivity contribution is 0.0697. The predicted octanol–water partition coefficient (Wildman–Crippen LogP) is 3.45. The first-order valence-corrected chi connectivity index (χ1v) is 6.09. The summed E-state index contributed by atoms with van der Waals surface area (Å²) in [6, 6.07) is 7.99. The number of rotatable bonds is 2. The van der Waals surface area contributed by atoms with E-state index < -0.39 is 5.97 Å². The smallest absolute Gasteiger partial charge is 0.335 e. The van der Waals surface area contributed by atoms with Crippen molar-refractivity contribution >= 4 is 16.9 Å². The van der Waals surface area contributed by atoms with Crippen LogP contribution < -0.4 is 0 Å². The molecule has 3 nitrogen and oxygen atoms in total. The van der Waals surface area contributed by atoms with Gasteiger partial charge in [-0.15, -0.1) is 0 Å². The molecule has 0 radical (unpaired) electrons. The molecular weight excluding hydrogens is 214 g/mol. The van der Waals surface area contributed by atoms with E-state index in [0.29, 0.717) is 11.6 Å². The Bertz CT molecular complexity index is 565. The number of benzene rings is 1. The summed E-state index contributed by atoms with van der Waals surface area (Å²) in [5.74, 6) is -0.861. The zero-order valence-corrected chi connectivity index (χ0v) is 9.60. The molecule has 1 aliphatic rings. The third-order valence-corrected chi connectivity index (χ3v) is 3.69. The van der Waals surface area contributed by atoms with Crippen molar-refractivity contribution in [2.75, 3.05) is 0 Å². The molecule has 0 atom stereocenters. The Morgan fingerprint density at radius 2 is 2.00 bits per heavy atom. The van der Waals surface area contributed by atoms with Gasteiger partial charge in [-0.2, -0.15) is 0 Å². The molecule has 88 valence electrons. The molecule has 1 saturated carbocycles. The Hall–Kier alpha value is -1.77. The average molecular weight is 229 g/mol. The van der Waals surface area contributed by atoms with Crippen molar-refractivity contribution in [3.8, 4) is 0 Å². The first kappa shape index (κ1) is 10.4. The van der Waals surface area contributed by atoms with Gasteiger partial charge in [0.25, 0.3) is 0 Å². The largest absolute Gasteiger partial charge is 0.478 e. The van der Waals surface area contributed by atoms with Gasteiger partial charge in [-0.25, -0.2) is 4.79 Å². The fraction of sp³-hybridized carbons (Fsp3) is 0.357. The summed E-state index contributed by atoms with van der Waals surface area (Å²) in [7, 11) is 0. The SMILES string of the molecule is O=C(O)c1ccc2c(ccn2C2CCCC2)c1. The lowest BCUT2D eigenvalue weighted by atomic mass is 10.1. The number of hydrogen-bond donors (Lipinski definition) is 1. The minimum Gasteiger partial charge on any atom is -0.478 e. The summed E-state index contributed by atoms with van der Waals surface area (Å²) in [4.78, 5) is 10.9. The maximum atomic E-state index is 10.9. The van der Waals surface area contributed by atoms with E-state index in [4.69, 9.17) is 5.11 Å². The highest BCUT2D eigenvalue weighted by atomic mass is 16.4. The molecule has 0 aliphatic heterocycles. The van der Waals surface area contributed by atoms with Gasteiger partial charge in [0.1, 0.15) is 0 Å². The highest BCUT2D eigenvalue weighted by molar-refractivity contribution is 5.93. The number of hydrogen-bond acceptors (Lipinski definition) is 1. The minimum absolute atomic E-state index is 0.363. The first-order chi connectivity index (χ1) is 8.25. The maximum absolute atomic E-state index is 10.9. The van der Waals surface area contributed by atoms with E-state index in [1.165, 1.54) is 25.7 Å². The zero-order chi connectivity index (χ0) is 11.8. The molecule has 1 aliphatic carbocycles. The molecule has 3 rings (SSSR count). The molecule has 0 saturated heterocycles. The van der Waals surface area contributed by atoms with Crippen LogP contribution in [0.2, 0.25) is 0 Å². The van der Waals surface area contributed by atoms with Gasteiger partial charge in [0.2, 0.25) is 0 Å².